The Morgan fingerprint density at radius 1 is 1.26 bits per heavy atom. The molecule has 2 aliphatic heterocycles. The van der Waals surface area contributed by atoms with Gasteiger partial charge in [-0.3, -0.25) is 4.79 Å². The number of hydrogen-bond donors (Lipinski definition) is 1. The largest absolute Gasteiger partial charge is 0.393 e. The molecular formula is C14H20F3N5O. The van der Waals surface area contributed by atoms with Gasteiger partial charge in [0, 0.05) is 13.1 Å². The first-order valence-electron chi connectivity index (χ1n) is 7.93. The minimum absolute atomic E-state index is 0.0784. The standard InChI is InChI=1S/C14H20F3N5O/c15-14(16,17)10-2-1-7-21(8-10)13(23)12-9-22(20-19-12)11-3-5-18-6-4-11/h9-11,18H,1-8H2. The number of alkyl halides is 3. The Kier molecular flexibility index (Phi) is 4.56. The van der Waals surface area contributed by atoms with Gasteiger partial charge in [0.05, 0.1) is 18.2 Å². The summed E-state index contributed by atoms with van der Waals surface area (Å²) in [5, 5.41) is 11.1. The molecule has 1 unspecified atom stereocenters. The SMILES string of the molecule is O=C(c1cn(C2CCNCC2)nn1)N1CCCC(C(F)(F)F)C1. The Bertz CT molecular complexity index is 553. The van der Waals surface area contributed by atoms with E-state index in [1.54, 1.807) is 10.9 Å². The van der Waals surface area contributed by atoms with Crippen molar-refractivity contribution in [2.45, 2.75) is 37.9 Å². The maximum atomic E-state index is 12.9. The summed E-state index contributed by atoms with van der Waals surface area (Å²) in [5.74, 6) is -1.90. The number of nitrogens with zero attached hydrogens (tertiary/aromatic N) is 4. The number of amides is 1. The molecule has 0 saturated carbocycles. The number of carbonyl (C=O) groups is 1. The predicted octanol–water partition coefficient (Wildman–Crippen LogP) is 1.62. The van der Waals surface area contributed by atoms with Gasteiger partial charge in [-0.1, -0.05) is 5.21 Å². The third-order valence-corrected chi connectivity index (χ3v) is 4.58. The van der Waals surface area contributed by atoms with Crippen molar-refractivity contribution in [2.75, 3.05) is 26.2 Å². The van der Waals surface area contributed by atoms with E-state index in [0.717, 1.165) is 25.9 Å². The van der Waals surface area contributed by atoms with Crippen LogP contribution in [-0.2, 0) is 0 Å². The monoisotopic (exact) mass is 331 g/mol. The molecule has 0 aliphatic carbocycles. The zero-order chi connectivity index (χ0) is 16.4. The third-order valence-electron chi connectivity index (χ3n) is 4.58. The highest BCUT2D eigenvalue weighted by Crippen LogP contribution is 2.33. The molecule has 3 rings (SSSR count). The molecule has 3 heterocycles. The van der Waals surface area contributed by atoms with Gasteiger partial charge in [-0.05, 0) is 38.8 Å². The summed E-state index contributed by atoms with van der Waals surface area (Å²) in [4.78, 5) is 13.6. The van der Waals surface area contributed by atoms with Gasteiger partial charge in [0.15, 0.2) is 5.69 Å². The zero-order valence-electron chi connectivity index (χ0n) is 12.7. The minimum atomic E-state index is -4.26. The Hall–Kier alpha value is -1.64. The molecule has 2 saturated heterocycles. The van der Waals surface area contributed by atoms with Gasteiger partial charge in [0.25, 0.3) is 5.91 Å². The number of rotatable bonds is 2. The number of aromatic nitrogens is 3. The average molecular weight is 331 g/mol. The van der Waals surface area contributed by atoms with Crippen LogP contribution < -0.4 is 5.32 Å². The van der Waals surface area contributed by atoms with Crippen molar-refractivity contribution in [3.8, 4) is 0 Å². The van der Waals surface area contributed by atoms with E-state index in [1.807, 2.05) is 0 Å². The molecule has 9 heteroatoms. The topological polar surface area (TPSA) is 63.1 Å². The summed E-state index contributed by atoms with van der Waals surface area (Å²) in [6, 6.07) is 0.189. The molecule has 1 aromatic heterocycles. The van der Waals surface area contributed by atoms with Gasteiger partial charge in [-0.15, -0.1) is 5.10 Å². The van der Waals surface area contributed by atoms with Crippen LogP contribution in [0.3, 0.4) is 0 Å². The summed E-state index contributed by atoms with van der Waals surface area (Å²) in [7, 11) is 0. The van der Waals surface area contributed by atoms with Crippen LogP contribution in [0, 0.1) is 5.92 Å². The highest BCUT2D eigenvalue weighted by atomic mass is 19.4. The Balaban J connectivity index is 1.67. The Labute approximate surface area is 132 Å². The number of likely N-dealkylation sites (tertiary alicyclic amines) is 1. The van der Waals surface area contributed by atoms with Gasteiger partial charge in [0.1, 0.15) is 0 Å². The van der Waals surface area contributed by atoms with Crippen molar-refractivity contribution in [1.29, 1.82) is 0 Å². The Morgan fingerprint density at radius 3 is 2.70 bits per heavy atom. The quantitative estimate of drug-likeness (QED) is 0.894. The van der Waals surface area contributed by atoms with E-state index in [2.05, 4.69) is 15.6 Å². The molecule has 2 aliphatic rings. The van der Waals surface area contributed by atoms with Crippen LogP contribution in [0.4, 0.5) is 13.2 Å². The first-order valence-corrected chi connectivity index (χ1v) is 7.93. The fraction of sp³-hybridized carbons (Fsp3) is 0.786. The molecule has 2 fully saturated rings. The molecule has 0 radical (unpaired) electrons. The van der Waals surface area contributed by atoms with Crippen molar-refractivity contribution in [3.05, 3.63) is 11.9 Å². The maximum Gasteiger partial charge on any atom is 0.393 e. The van der Waals surface area contributed by atoms with E-state index in [0.29, 0.717) is 13.0 Å². The number of hydrogen-bond acceptors (Lipinski definition) is 4. The molecule has 6 nitrogen and oxygen atoms in total. The smallest absolute Gasteiger partial charge is 0.337 e. The Morgan fingerprint density at radius 2 is 2.00 bits per heavy atom. The van der Waals surface area contributed by atoms with Crippen molar-refractivity contribution >= 4 is 5.91 Å². The second-order valence-electron chi connectivity index (χ2n) is 6.20. The highest BCUT2D eigenvalue weighted by molar-refractivity contribution is 5.92. The molecule has 128 valence electrons. The van der Waals surface area contributed by atoms with Gasteiger partial charge in [-0.2, -0.15) is 13.2 Å². The molecule has 1 N–H and O–H groups in total. The van der Waals surface area contributed by atoms with Gasteiger partial charge in [0.2, 0.25) is 0 Å². The van der Waals surface area contributed by atoms with Crippen LogP contribution in [0.1, 0.15) is 42.2 Å². The number of piperidine rings is 2. The highest BCUT2D eigenvalue weighted by Gasteiger charge is 2.43. The first kappa shape index (κ1) is 16.2. The second-order valence-corrected chi connectivity index (χ2v) is 6.20. The van der Waals surface area contributed by atoms with Crippen LogP contribution in [0.25, 0.3) is 0 Å². The van der Waals surface area contributed by atoms with E-state index >= 15 is 0 Å². The van der Waals surface area contributed by atoms with Crippen LogP contribution in [0.5, 0.6) is 0 Å². The fourth-order valence-corrected chi connectivity index (χ4v) is 3.22. The van der Waals surface area contributed by atoms with Crippen molar-refractivity contribution in [2.24, 2.45) is 5.92 Å². The zero-order valence-corrected chi connectivity index (χ0v) is 12.7. The molecule has 23 heavy (non-hydrogen) atoms. The molecular weight excluding hydrogens is 311 g/mol. The summed E-state index contributed by atoms with van der Waals surface area (Å²) in [6.45, 7) is 1.81. The number of nitrogens with one attached hydrogen (secondary N) is 1. The summed E-state index contributed by atoms with van der Waals surface area (Å²) >= 11 is 0. The van der Waals surface area contributed by atoms with Crippen LogP contribution in [-0.4, -0.2) is 58.2 Å². The van der Waals surface area contributed by atoms with Crippen molar-refractivity contribution < 1.29 is 18.0 Å². The van der Waals surface area contributed by atoms with Crippen molar-refractivity contribution in [1.82, 2.24) is 25.2 Å². The van der Waals surface area contributed by atoms with Gasteiger partial charge in [-0.25, -0.2) is 4.68 Å². The molecule has 0 spiro atoms. The number of halogens is 3. The van der Waals surface area contributed by atoms with E-state index in [4.69, 9.17) is 0 Å². The minimum Gasteiger partial charge on any atom is -0.337 e. The van der Waals surface area contributed by atoms with Crippen LogP contribution in [0.15, 0.2) is 6.20 Å². The van der Waals surface area contributed by atoms with Crippen LogP contribution >= 0.6 is 0 Å². The average Bonchev–Trinajstić information content (AvgIpc) is 3.04. The van der Waals surface area contributed by atoms with E-state index in [1.165, 1.54) is 4.90 Å². The number of carbonyl (C=O) groups excluding carboxylic acids is 1. The summed E-state index contributed by atoms with van der Waals surface area (Å²) < 4.78 is 40.2. The first-order chi connectivity index (χ1) is 10.9. The maximum absolute atomic E-state index is 12.9. The lowest BCUT2D eigenvalue weighted by molar-refractivity contribution is -0.184. The molecule has 1 aromatic rings. The molecule has 1 atom stereocenters. The second kappa shape index (κ2) is 6.46. The summed E-state index contributed by atoms with van der Waals surface area (Å²) in [6.07, 6.45) is -0.456. The van der Waals surface area contributed by atoms with E-state index in [-0.39, 0.29) is 24.7 Å². The van der Waals surface area contributed by atoms with Gasteiger partial charge >= 0.3 is 6.18 Å². The van der Waals surface area contributed by atoms with Crippen molar-refractivity contribution in [3.63, 3.8) is 0 Å². The molecule has 0 bridgehead atoms. The fourth-order valence-electron chi connectivity index (χ4n) is 3.22. The van der Waals surface area contributed by atoms with Crippen LogP contribution in [0.2, 0.25) is 0 Å². The lowest BCUT2D eigenvalue weighted by Gasteiger charge is -2.33. The molecule has 1 amide bonds. The van der Waals surface area contributed by atoms with Gasteiger partial charge < -0.3 is 10.2 Å². The lowest BCUT2D eigenvalue weighted by atomic mass is 9.97. The lowest BCUT2D eigenvalue weighted by Crippen LogP contribution is -2.44. The van der Waals surface area contributed by atoms with E-state index in [9.17, 15) is 18.0 Å². The predicted molar refractivity (Wildman–Crippen MR) is 75.8 cm³/mol. The summed E-state index contributed by atoms with van der Waals surface area (Å²) in [5.41, 5.74) is 0.131. The normalized spacial score (nSPS) is 24.0. The third kappa shape index (κ3) is 3.65. The van der Waals surface area contributed by atoms with E-state index < -0.39 is 18.0 Å². The molecule has 0 aromatic carbocycles.